The summed E-state index contributed by atoms with van der Waals surface area (Å²) >= 11 is 0. The summed E-state index contributed by atoms with van der Waals surface area (Å²) in [5.74, 6) is 0.941. The van der Waals surface area contributed by atoms with Crippen LogP contribution in [0.3, 0.4) is 0 Å². The van der Waals surface area contributed by atoms with Gasteiger partial charge < -0.3 is 9.88 Å². The predicted octanol–water partition coefficient (Wildman–Crippen LogP) is 3.00. The molecule has 0 radical (unpaired) electrons. The zero-order valence-corrected chi connectivity index (χ0v) is 10.6. The number of nitrogens with zero attached hydrogens (tertiary/aromatic N) is 1. The van der Waals surface area contributed by atoms with Crippen LogP contribution in [0.5, 0.6) is 0 Å². The largest absolute Gasteiger partial charge is 0.349 e. The molecular formula is C14H24N2. The molecule has 2 nitrogen and oxygen atoms in total. The normalized spacial score (nSPS) is 18.2. The fourth-order valence-corrected chi connectivity index (χ4v) is 2.67. The van der Waals surface area contributed by atoms with Crippen LogP contribution in [-0.4, -0.2) is 17.7 Å². The highest BCUT2D eigenvalue weighted by atomic mass is 15.0. The molecule has 1 aromatic rings. The van der Waals surface area contributed by atoms with Gasteiger partial charge in [0.25, 0.3) is 0 Å². The number of aryl methyl sites for hydroxylation is 1. The second-order valence-electron chi connectivity index (χ2n) is 5.23. The van der Waals surface area contributed by atoms with Gasteiger partial charge in [-0.25, -0.2) is 0 Å². The molecule has 2 heterocycles. The fraction of sp³-hybridized carbons (Fsp3) is 0.714. The van der Waals surface area contributed by atoms with E-state index in [2.05, 4.69) is 42.1 Å². The van der Waals surface area contributed by atoms with E-state index in [1.165, 1.54) is 44.5 Å². The molecule has 0 saturated carbocycles. The second-order valence-corrected chi connectivity index (χ2v) is 5.23. The number of piperidine rings is 1. The Kier molecular flexibility index (Phi) is 4.05. The van der Waals surface area contributed by atoms with Gasteiger partial charge in [-0.3, -0.25) is 0 Å². The Morgan fingerprint density at radius 1 is 1.38 bits per heavy atom. The molecule has 0 spiro atoms. The number of nitrogens with one attached hydrogen (secondary N) is 1. The van der Waals surface area contributed by atoms with Crippen molar-refractivity contribution in [3.05, 3.63) is 24.0 Å². The lowest BCUT2D eigenvalue weighted by molar-refractivity contribution is 0.351. The molecule has 1 aromatic heterocycles. The molecule has 2 rings (SSSR count). The van der Waals surface area contributed by atoms with E-state index in [4.69, 9.17) is 0 Å². The summed E-state index contributed by atoms with van der Waals surface area (Å²) in [5.41, 5.74) is 1.51. The Hall–Kier alpha value is -0.760. The maximum absolute atomic E-state index is 3.43. The van der Waals surface area contributed by atoms with Crippen LogP contribution in [0.15, 0.2) is 18.3 Å². The third kappa shape index (κ3) is 2.88. The van der Waals surface area contributed by atoms with Gasteiger partial charge in [0.05, 0.1) is 0 Å². The van der Waals surface area contributed by atoms with E-state index in [0.29, 0.717) is 6.04 Å². The molecule has 0 unspecified atom stereocenters. The zero-order valence-electron chi connectivity index (χ0n) is 10.6. The summed E-state index contributed by atoms with van der Waals surface area (Å²) in [4.78, 5) is 0. The molecule has 0 amide bonds. The Bertz CT molecular complexity index is 308. The third-order valence-electron chi connectivity index (χ3n) is 3.69. The number of aromatic nitrogens is 1. The van der Waals surface area contributed by atoms with Crippen molar-refractivity contribution < 1.29 is 0 Å². The highest BCUT2D eigenvalue weighted by Crippen LogP contribution is 2.20. The Balaban J connectivity index is 1.86. The van der Waals surface area contributed by atoms with Gasteiger partial charge in [-0.15, -0.1) is 0 Å². The summed E-state index contributed by atoms with van der Waals surface area (Å²) in [5, 5.41) is 3.43. The molecule has 16 heavy (non-hydrogen) atoms. The quantitative estimate of drug-likeness (QED) is 0.825. The molecule has 0 aromatic carbocycles. The second kappa shape index (κ2) is 5.53. The Morgan fingerprint density at radius 3 is 2.81 bits per heavy atom. The minimum atomic E-state index is 0.595. The van der Waals surface area contributed by atoms with Crippen LogP contribution in [0, 0.1) is 5.92 Å². The van der Waals surface area contributed by atoms with Crippen molar-refractivity contribution in [3.8, 4) is 0 Å². The van der Waals surface area contributed by atoms with Gasteiger partial charge in [-0.2, -0.15) is 0 Å². The van der Waals surface area contributed by atoms with E-state index in [-0.39, 0.29) is 0 Å². The van der Waals surface area contributed by atoms with E-state index in [1.807, 2.05) is 0 Å². The predicted molar refractivity (Wildman–Crippen MR) is 68.7 cm³/mol. The summed E-state index contributed by atoms with van der Waals surface area (Å²) < 4.78 is 2.40. The molecule has 1 aliphatic rings. The SMILES string of the molecule is CC(C)n1cccc1CCC1CCNCC1. The highest BCUT2D eigenvalue weighted by molar-refractivity contribution is 5.08. The van der Waals surface area contributed by atoms with E-state index < -0.39 is 0 Å². The first-order valence-electron chi connectivity index (χ1n) is 6.64. The van der Waals surface area contributed by atoms with Gasteiger partial charge >= 0.3 is 0 Å². The lowest BCUT2D eigenvalue weighted by Crippen LogP contribution is -2.28. The monoisotopic (exact) mass is 220 g/mol. The van der Waals surface area contributed by atoms with Gasteiger partial charge in [0.15, 0.2) is 0 Å². The van der Waals surface area contributed by atoms with Gasteiger partial charge in [0, 0.05) is 17.9 Å². The lowest BCUT2D eigenvalue weighted by atomic mass is 9.92. The van der Waals surface area contributed by atoms with Gasteiger partial charge in [-0.05, 0) is 70.7 Å². The maximum atomic E-state index is 3.43. The number of hydrogen-bond donors (Lipinski definition) is 1. The summed E-state index contributed by atoms with van der Waals surface area (Å²) in [6.45, 7) is 6.95. The molecule has 2 heteroatoms. The van der Waals surface area contributed by atoms with Crippen molar-refractivity contribution in [2.24, 2.45) is 5.92 Å². The smallest absolute Gasteiger partial charge is 0.0276 e. The molecule has 90 valence electrons. The van der Waals surface area contributed by atoms with Crippen LogP contribution < -0.4 is 5.32 Å². The first-order valence-corrected chi connectivity index (χ1v) is 6.64. The minimum Gasteiger partial charge on any atom is -0.349 e. The maximum Gasteiger partial charge on any atom is 0.0276 e. The molecule has 1 fully saturated rings. The summed E-state index contributed by atoms with van der Waals surface area (Å²) in [7, 11) is 0. The van der Waals surface area contributed by atoms with Crippen LogP contribution in [0.25, 0.3) is 0 Å². The molecule has 0 atom stereocenters. The highest BCUT2D eigenvalue weighted by Gasteiger charge is 2.13. The summed E-state index contributed by atoms with van der Waals surface area (Å²) in [6.07, 6.45) is 7.54. The summed E-state index contributed by atoms with van der Waals surface area (Å²) in [6, 6.07) is 5.05. The first kappa shape index (κ1) is 11.7. The van der Waals surface area contributed by atoms with Gasteiger partial charge in [-0.1, -0.05) is 0 Å². The van der Waals surface area contributed by atoms with Crippen molar-refractivity contribution in [2.75, 3.05) is 13.1 Å². The molecule has 0 aliphatic carbocycles. The topological polar surface area (TPSA) is 17.0 Å². The first-order chi connectivity index (χ1) is 7.77. The van der Waals surface area contributed by atoms with E-state index in [9.17, 15) is 0 Å². The van der Waals surface area contributed by atoms with Crippen molar-refractivity contribution in [3.63, 3.8) is 0 Å². The molecular weight excluding hydrogens is 196 g/mol. The molecule has 1 saturated heterocycles. The van der Waals surface area contributed by atoms with Crippen molar-refractivity contribution >= 4 is 0 Å². The Morgan fingerprint density at radius 2 is 2.12 bits per heavy atom. The van der Waals surface area contributed by atoms with Crippen LogP contribution in [0.1, 0.15) is 44.8 Å². The molecule has 1 aliphatic heterocycles. The number of rotatable bonds is 4. The van der Waals surface area contributed by atoms with Crippen LogP contribution in [0.2, 0.25) is 0 Å². The standard InChI is InChI=1S/C14H24N2/c1-12(2)16-11-3-4-14(16)6-5-13-7-9-15-10-8-13/h3-4,11-13,15H,5-10H2,1-2H3. The van der Waals surface area contributed by atoms with Crippen molar-refractivity contribution in [2.45, 2.75) is 45.6 Å². The Labute approximate surface area is 99.0 Å². The van der Waals surface area contributed by atoms with Gasteiger partial charge in [0.1, 0.15) is 0 Å². The van der Waals surface area contributed by atoms with Crippen molar-refractivity contribution in [1.29, 1.82) is 0 Å². The van der Waals surface area contributed by atoms with Crippen LogP contribution in [-0.2, 0) is 6.42 Å². The molecule has 1 N–H and O–H groups in total. The van der Waals surface area contributed by atoms with Crippen LogP contribution in [0.4, 0.5) is 0 Å². The minimum absolute atomic E-state index is 0.595. The zero-order chi connectivity index (χ0) is 11.4. The van der Waals surface area contributed by atoms with Crippen molar-refractivity contribution in [1.82, 2.24) is 9.88 Å². The van der Waals surface area contributed by atoms with Gasteiger partial charge in [0.2, 0.25) is 0 Å². The average molecular weight is 220 g/mol. The van der Waals surface area contributed by atoms with E-state index in [1.54, 1.807) is 0 Å². The fourth-order valence-electron chi connectivity index (χ4n) is 2.67. The lowest BCUT2D eigenvalue weighted by Gasteiger charge is -2.23. The van der Waals surface area contributed by atoms with E-state index >= 15 is 0 Å². The number of hydrogen-bond acceptors (Lipinski definition) is 1. The van der Waals surface area contributed by atoms with Crippen LogP contribution >= 0.6 is 0 Å². The average Bonchev–Trinajstić information content (AvgIpc) is 2.76. The molecule has 0 bridgehead atoms. The van der Waals surface area contributed by atoms with E-state index in [0.717, 1.165) is 5.92 Å². The third-order valence-corrected chi connectivity index (χ3v) is 3.69.